The van der Waals surface area contributed by atoms with Gasteiger partial charge in [-0.3, -0.25) is 4.84 Å². The minimum atomic E-state index is -1.64. The smallest absolute Gasteiger partial charge is 0.192 e. The van der Waals surface area contributed by atoms with E-state index in [-0.39, 0.29) is 0 Å². The SMILES string of the molecule is CN1O[C@H]2CC[C@@H]1C[C@H](O[Si](C)(C)C(C)(C)C)C2. The maximum Gasteiger partial charge on any atom is 0.192 e. The molecular weight excluding hydrogens is 242 g/mol. The van der Waals surface area contributed by atoms with Gasteiger partial charge in [0, 0.05) is 25.6 Å². The first-order valence-corrected chi connectivity index (χ1v) is 10.2. The molecule has 4 heteroatoms. The van der Waals surface area contributed by atoms with Gasteiger partial charge in [0.2, 0.25) is 0 Å². The van der Waals surface area contributed by atoms with Crippen molar-refractivity contribution in [3.63, 3.8) is 0 Å². The lowest BCUT2D eigenvalue weighted by atomic mass is 10.1. The van der Waals surface area contributed by atoms with Crippen molar-refractivity contribution in [3.05, 3.63) is 0 Å². The normalized spacial score (nSPS) is 34.7. The van der Waals surface area contributed by atoms with Crippen LogP contribution < -0.4 is 0 Å². The molecule has 2 saturated heterocycles. The van der Waals surface area contributed by atoms with E-state index in [1.54, 1.807) is 0 Å². The van der Waals surface area contributed by atoms with E-state index in [2.05, 4.69) is 46.0 Å². The molecule has 2 aliphatic heterocycles. The first-order valence-electron chi connectivity index (χ1n) is 7.26. The Morgan fingerprint density at radius 1 is 1.17 bits per heavy atom. The van der Waals surface area contributed by atoms with Crippen LogP contribution in [0.5, 0.6) is 0 Å². The second-order valence-electron chi connectivity index (χ2n) is 7.48. The lowest BCUT2D eigenvalue weighted by molar-refractivity contribution is -0.224. The highest BCUT2D eigenvalue weighted by Gasteiger charge is 2.42. The van der Waals surface area contributed by atoms with E-state index >= 15 is 0 Å². The van der Waals surface area contributed by atoms with E-state index in [4.69, 9.17) is 9.26 Å². The molecule has 2 bridgehead atoms. The molecular formula is C14H29NO2Si. The molecule has 0 aromatic carbocycles. The molecule has 0 amide bonds. The highest BCUT2D eigenvalue weighted by atomic mass is 28.4. The molecule has 0 aromatic rings. The van der Waals surface area contributed by atoms with Crippen molar-refractivity contribution >= 4 is 8.32 Å². The van der Waals surface area contributed by atoms with Gasteiger partial charge >= 0.3 is 0 Å². The molecule has 3 nitrogen and oxygen atoms in total. The molecule has 1 saturated carbocycles. The fourth-order valence-electron chi connectivity index (χ4n) is 2.74. The predicted molar refractivity (Wildman–Crippen MR) is 77.0 cm³/mol. The Morgan fingerprint density at radius 2 is 1.83 bits per heavy atom. The van der Waals surface area contributed by atoms with Crippen LogP contribution >= 0.6 is 0 Å². The van der Waals surface area contributed by atoms with Crippen LogP contribution in [0.2, 0.25) is 18.1 Å². The summed E-state index contributed by atoms with van der Waals surface area (Å²) in [7, 11) is 0.433. The molecule has 2 heterocycles. The largest absolute Gasteiger partial charge is 0.414 e. The number of hydrogen-bond donors (Lipinski definition) is 0. The van der Waals surface area contributed by atoms with Crippen molar-refractivity contribution in [2.24, 2.45) is 0 Å². The molecule has 106 valence electrons. The molecule has 0 N–H and O–H groups in total. The molecule has 3 aliphatic rings. The van der Waals surface area contributed by atoms with Gasteiger partial charge in [0.15, 0.2) is 8.32 Å². The van der Waals surface area contributed by atoms with E-state index in [1.165, 1.54) is 12.8 Å². The summed E-state index contributed by atoms with van der Waals surface area (Å²) in [6.07, 6.45) is 5.45. The summed E-state index contributed by atoms with van der Waals surface area (Å²) in [5.41, 5.74) is 0. The van der Waals surface area contributed by atoms with Gasteiger partial charge < -0.3 is 4.43 Å². The monoisotopic (exact) mass is 271 g/mol. The summed E-state index contributed by atoms with van der Waals surface area (Å²) >= 11 is 0. The topological polar surface area (TPSA) is 21.7 Å². The van der Waals surface area contributed by atoms with Crippen molar-refractivity contribution in [1.82, 2.24) is 5.06 Å². The van der Waals surface area contributed by atoms with Gasteiger partial charge in [-0.25, -0.2) is 0 Å². The van der Waals surface area contributed by atoms with Crippen LogP contribution in [0.25, 0.3) is 0 Å². The lowest BCUT2D eigenvalue weighted by Crippen LogP contribution is -2.44. The van der Waals surface area contributed by atoms with Crippen LogP contribution in [0, 0.1) is 0 Å². The van der Waals surface area contributed by atoms with Gasteiger partial charge in [0.25, 0.3) is 0 Å². The molecule has 1 aliphatic carbocycles. The second kappa shape index (κ2) is 4.89. The zero-order valence-corrected chi connectivity index (χ0v) is 13.8. The second-order valence-corrected chi connectivity index (χ2v) is 12.2. The zero-order chi connectivity index (χ0) is 13.6. The molecule has 0 radical (unpaired) electrons. The molecule has 18 heavy (non-hydrogen) atoms. The molecule has 3 fully saturated rings. The summed E-state index contributed by atoms with van der Waals surface area (Å²) in [6.45, 7) is 11.6. The van der Waals surface area contributed by atoms with E-state index < -0.39 is 8.32 Å². The highest BCUT2D eigenvalue weighted by molar-refractivity contribution is 6.74. The third-order valence-electron chi connectivity index (χ3n) is 4.98. The van der Waals surface area contributed by atoms with Gasteiger partial charge in [0.05, 0.1) is 6.10 Å². The number of fused-ring (bicyclic) bond motifs is 4. The van der Waals surface area contributed by atoms with Crippen molar-refractivity contribution < 1.29 is 9.26 Å². The van der Waals surface area contributed by atoms with Crippen LogP contribution in [0.1, 0.15) is 46.5 Å². The number of nitrogens with zero attached hydrogens (tertiary/aromatic N) is 1. The quantitative estimate of drug-likeness (QED) is 0.717. The van der Waals surface area contributed by atoms with Crippen molar-refractivity contribution in [3.8, 4) is 0 Å². The molecule has 0 aromatic heterocycles. The minimum absolute atomic E-state index is 0.297. The van der Waals surface area contributed by atoms with Crippen LogP contribution in [0.4, 0.5) is 0 Å². The van der Waals surface area contributed by atoms with Crippen molar-refractivity contribution in [1.29, 1.82) is 0 Å². The van der Waals surface area contributed by atoms with Crippen molar-refractivity contribution in [2.45, 2.75) is 82.8 Å². The minimum Gasteiger partial charge on any atom is -0.414 e. The zero-order valence-electron chi connectivity index (χ0n) is 12.8. The van der Waals surface area contributed by atoms with Gasteiger partial charge in [0.1, 0.15) is 0 Å². The van der Waals surface area contributed by atoms with Crippen LogP contribution in [-0.4, -0.2) is 38.7 Å². The summed E-state index contributed by atoms with van der Waals surface area (Å²) in [6, 6.07) is 0.554. The third-order valence-corrected chi connectivity index (χ3v) is 9.51. The van der Waals surface area contributed by atoms with Gasteiger partial charge in [-0.2, -0.15) is 5.06 Å². The van der Waals surface area contributed by atoms with E-state index in [0.29, 0.717) is 23.3 Å². The number of rotatable bonds is 2. The highest BCUT2D eigenvalue weighted by Crippen LogP contribution is 2.40. The number of hydroxylamine groups is 2. The summed E-state index contributed by atoms with van der Waals surface area (Å²) in [5, 5.41) is 2.37. The Balaban J connectivity index is 2.03. The molecule has 0 spiro atoms. The number of hydrogen-bond acceptors (Lipinski definition) is 3. The first kappa shape index (κ1) is 14.5. The van der Waals surface area contributed by atoms with Gasteiger partial charge in [-0.15, -0.1) is 0 Å². The fraction of sp³-hybridized carbons (Fsp3) is 1.00. The van der Waals surface area contributed by atoms with Crippen molar-refractivity contribution in [2.75, 3.05) is 7.05 Å². The van der Waals surface area contributed by atoms with E-state index in [0.717, 1.165) is 12.8 Å². The van der Waals surface area contributed by atoms with Gasteiger partial charge in [-0.05, 0) is 37.4 Å². The van der Waals surface area contributed by atoms with E-state index in [9.17, 15) is 0 Å². The first-order chi connectivity index (χ1) is 8.19. The van der Waals surface area contributed by atoms with E-state index in [1.807, 2.05) is 0 Å². The molecule has 3 rings (SSSR count). The van der Waals surface area contributed by atoms with Gasteiger partial charge in [-0.1, -0.05) is 20.8 Å². The standard InChI is InChI=1S/C14H29NO2Si/c1-14(2,3)18(5,6)17-13-9-11-7-8-12(10-13)16-15(11)4/h11-13H,7-10H2,1-6H3/t11-,12+,13+/m1/s1. The van der Waals surface area contributed by atoms with Crippen LogP contribution in [0.15, 0.2) is 0 Å². The average molecular weight is 271 g/mol. The molecule has 0 unspecified atom stereocenters. The maximum atomic E-state index is 6.58. The Labute approximate surface area is 113 Å². The summed E-state index contributed by atoms with van der Waals surface area (Å²) in [5.74, 6) is 0. The summed E-state index contributed by atoms with van der Waals surface area (Å²) < 4.78 is 6.58. The lowest BCUT2D eigenvalue weighted by Gasteiger charge is -2.39. The maximum absolute atomic E-state index is 6.58. The Morgan fingerprint density at radius 3 is 2.39 bits per heavy atom. The Kier molecular flexibility index (Phi) is 3.94. The van der Waals surface area contributed by atoms with Crippen LogP contribution in [0.3, 0.4) is 0 Å². The Hall–Kier alpha value is 0.0969. The fourth-order valence-corrected chi connectivity index (χ4v) is 4.12. The van der Waals surface area contributed by atoms with Crippen LogP contribution in [-0.2, 0) is 9.26 Å². The Bertz CT molecular complexity index is 301. The average Bonchev–Trinajstić information content (AvgIpc) is 2.44. The summed E-state index contributed by atoms with van der Waals surface area (Å²) in [4.78, 5) is 5.91. The third kappa shape index (κ3) is 2.98. The predicted octanol–water partition coefficient (Wildman–Crippen LogP) is 3.57. The molecule has 3 atom stereocenters.